The van der Waals surface area contributed by atoms with Crippen molar-refractivity contribution < 1.29 is 9.59 Å². The Morgan fingerprint density at radius 2 is 2.12 bits per heavy atom. The minimum Gasteiger partial charge on any atom is -0.343 e. The van der Waals surface area contributed by atoms with E-state index in [0.29, 0.717) is 18.4 Å². The summed E-state index contributed by atoms with van der Waals surface area (Å²) in [4.78, 5) is 29.5. The van der Waals surface area contributed by atoms with E-state index >= 15 is 0 Å². The van der Waals surface area contributed by atoms with E-state index in [4.69, 9.17) is 0 Å². The standard InChI is InChI=1S/C17H25N5O2/c1-13(23)20-6-4-14(9-20)8-19-10-16(11-19)22-12-15(7-18-22)21-5-2-3-17(21)24/h7,12,14,16H,2-6,8-11H2,1H3. The summed E-state index contributed by atoms with van der Waals surface area (Å²) < 4.78 is 2.01. The normalized spacial score (nSPS) is 25.5. The van der Waals surface area contributed by atoms with Gasteiger partial charge in [0.1, 0.15) is 0 Å². The average Bonchev–Trinajstić information content (AvgIpc) is 3.22. The lowest BCUT2D eigenvalue weighted by Gasteiger charge is -2.40. The summed E-state index contributed by atoms with van der Waals surface area (Å²) in [5.41, 5.74) is 0.934. The number of hydrogen-bond donors (Lipinski definition) is 0. The molecule has 7 heteroatoms. The van der Waals surface area contributed by atoms with Crippen molar-refractivity contribution >= 4 is 17.5 Å². The fraction of sp³-hybridized carbons (Fsp3) is 0.706. The Balaban J connectivity index is 1.27. The molecule has 3 aliphatic rings. The molecule has 4 heterocycles. The third-order valence-electron chi connectivity index (χ3n) is 5.53. The van der Waals surface area contributed by atoms with Crippen LogP contribution in [0.4, 0.5) is 5.69 Å². The number of likely N-dealkylation sites (tertiary alicyclic amines) is 2. The van der Waals surface area contributed by atoms with Crippen LogP contribution in [0.3, 0.4) is 0 Å². The zero-order valence-corrected chi connectivity index (χ0v) is 14.2. The van der Waals surface area contributed by atoms with E-state index < -0.39 is 0 Å². The summed E-state index contributed by atoms with van der Waals surface area (Å²) in [6.45, 7) is 7.36. The maximum atomic E-state index is 11.8. The molecule has 0 aliphatic carbocycles. The van der Waals surface area contributed by atoms with Gasteiger partial charge in [0.25, 0.3) is 0 Å². The summed E-state index contributed by atoms with van der Waals surface area (Å²) >= 11 is 0. The van der Waals surface area contributed by atoms with E-state index in [0.717, 1.165) is 57.8 Å². The van der Waals surface area contributed by atoms with E-state index in [9.17, 15) is 9.59 Å². The largest absolute Gasteiger partial charge is 0.343 e. The van der Waals surface area contributed by atoms with Gasteiger partial charge in [0, 0.05) is 58.8 Å². The molecule has 0 aromatic carbocycles. The Kier molecular flexibility index (Phi) is 4.04. The summed E-state index contributed by atoms with van der Waals surface area (Å²) in [5.74, 6) is 1.01. The van der Waals surface area contributed by atoms with E-state index in [1.54, 1.807) is 6.92 Å². The van der Waals surface area contributed by atoms with Crippen molar-refractivity contribution in [3.05, 3.63) is 12.4 Å². The molecule has 130 valence electrons. The average molecular weight is 331 g/mol. The molecule has 0 radical (unpaired) electrons. The summed E-state index contributed by atoms with van der Waals surface area (Å²) in [7, 11) is 0. The Morgan fingerprint density at radius 3 is 2.79 bits per heavy atom. The summed E-state index contributed by atoms with van der Waals surface area (Å²) in [6.07, 6.45) is 6.54. The van der Waals surface area contributed by atoms with Gasteiger partial charge in [-0.15, -0.1) is 0 Å². The Hall–Kier alpha value is -1.89. The molecule has 3 saturated heterocycles. The molecular formula is C17H25N5O2. The molecule has 3 aliphatic heterocycles. The van der Waals surface area contributed by atoms with Gasteiger partial charge in [-0.2, -0.15) is 5.10 Å². The molecule has 4 rings (SSSR count). The quantitative estimate of drug-likeness (QED) is 0.816. The fourth-order valence-electron chi connectivity index (χ4n) is 4.08. The van der Waals surface area contributed by atoms with Crippen molar-refractivity contribution in [1.82, 2.24) is 19.6 Å². The second-order valence-electron chi connectivity index (χ2n) is 7.32. The molecule has 3 fully saturated rings. The van der Waals surface area contributed by atoms with Crippen LogP contribution in [0.5, 0.6) is 0 Å². The smallest absolute Gasteiger partial charge is 0.227 e. The first-order valence-electron chi connectivity index (χ1n) is 8.92. The van der Waals surface area contributed by atoms with Gasteiger partial charge in [0.05, 0.1) is 17.9 Å². The van der Waals surface area contributed by atoms with Crippen LogP contribution in [-0.2, 0) is 9.59 Å². The molecule has 1 aromatic rings. The zero-order chi connectivity index (χ0) is 16.7. The molecular weight excluding hydrogens is 306 g/mol. The van der Waals surface area contributed by atoms with Crippen LogP contribution in [0.1, 0.15) is 32.2 Å². The number of carbonyl (C=O) groups excluding carboxylic acids is 2. The number of aromatic nitrogens is 2. The molecule has 1 unspecified atom stereocenters. The van der Waals surface area contributed by atoms with Crippen LogP contribution in [0, 0.1) is 5.92 Å². The van der Waals surface area contributed by atoms with E-state index in [1.165, 1.54) is 0 Å². The van der Waals surface area contributed by atoms with Crippen LogP contribution < -0.4 is 4.90 Å². The highest BCUT2D eigenvalue weighted by atomic mass is 16.2. The molecule has 7 nitrogen and oxygen atoms in total. The topological polar surface area (TPSA) is 61.7 Å². The van der Waals surface area contributed by atoms with Crippen molar-refractivity contribution in [3.63, 3.8) is 0 Å². The fourth-order valence-corrected chi connectivity index (χ4v) is 4.08. The highest BCUT2D eigenvalue weighted by Crippen LogP contribution is 2.27. The molecule has 0 spiro atoms. The monoisotopic (exact) mass is 331 g/mol. The molecule has 1 atom stereocenters. The number of amides is 2. The third-order valence-corrected chi connectivity index (χ3v) is 5.53. The first-order valence-corrected chi connectivity index (χ1v) is 8.92. The Labute approximate surface area is 142 Å². The Bertz CT molecular complexity index is 637. The highest BCUT2D eigenvalue weighted by Gasteiger charge is 2.33. The van der Waals surface area contributed by atoms with Crippen LogP contribution in [-0.4, -0.2) is 70.7 Å². The lowest BCUT2D eigenvalue weighted by Crippen LogP contribution is -2.49. The van der Waals surface area contributed by atoms with Gasteiger partial charge in [0.15, 0.2) is 0 Å². The second-order valence-corrected chi connectivity index (χ2v) is 7.32. The van der Waals surface area contributed by atoms with Crippen molar-refractivity contribution in [2.24, 2.45) is 5.92 Å². The van der Waals surface area contributed by atoms with E-state index in [-0.39, 0.29) is 11.8 Å². The van der Waals surface area contributed by atoms with Crippen molar-refractivity contribution in [1.29, 1.82) is 0 Å². The highest BCUT2D eigenvalue weighted by molar-refractivity contribution is 5.95. The lowest BCUT2D eigenvalue weighted by atomic mass is 10.0. The van der Waals surface area contributed by atoms with Gasteiger partial charge in [0.2, 0.25) is 11.8 Å². The number of hydrogen-bond acceptors (Lipinski definition) is 4. The van der Waals surface area contributed by atoms with Gasteiger partial charge >= 0.3 is 0 Å². The maximum Gasteiger partial charge on any atom is 0.227 e. The van der Waals surface area contributed by atoms with Crippen LogP contribution in [0.2, 0.25) is 0 Å². The predicted octanol–water partition coefficient (Wildman–Crippen LogP) is 0.735. The number of nitrogens with zero attached hydrogens (tertiary/aromatic N) is 5. The first-order chi connectivity index (χ1) is 11.6. The third kappa shape index (κ3) is 2.92. The molecule has 24 heavy (non-hydrogen) atoms. The predicted molar refractivity (Wildman–Crippen MR) is 89.7 cm³/mol. The van der Waals surface area contributed by atoms with Crippen molar-refractivity contribution in [2.45, 2.75) is 32.2 Å². The van der Waals surface area contributed by atoms with Crippen molar-refractivity contribution in [3.8, 4) is 0 Å². The molecule has 2 amide bonds. The van der Waals surface area contributed by atoms with Crippen LogP contribution in [0.15, 0.2) is 12.4 Å². The number of carbonyl (C=O) groups is 2. The van der Waals surface area contributed by atoms with Gasteiger partial charge in [-0.05, 0) is 18.8 Å². The van der Waals surface area contributed by atoms with Gasteiger partial charge < -0.3 is 9.80 Å². The first kappa shape index (κ1) is 15.6. The van der Waals surface area contributed by atoms with Gasteiger partial charge in [-0.1, -0.05) is 0 Å². The minimum absolute atomic E-state index is 0.194. The molecule has 0 saturated carbocycles. The lowest BCUT2D eigenvalue weighted by molar-refractivity contribution is -0.128. The number of anilines is 1. The van der Waals surface area contributed by atoms with E-state index in [1.807, 2.05) is 26.9 Å². The second kappa shape index (κ2) is 6.20. The summed E-state index contributed by atoms with van der Waals surface area (Å²) in [6, 6.07) is 0.404. The van der Waals surface area contributed by atoms with Crippen molar-refractivity contribution in [2.75, 3.05) is 44.2 Å². The zero-order valence-electron chi connectivity index (χ0n) is 14.2. The maximum absolute atomic E-state index is 11.8. The van der Waals surface area contributed by atoms with Gasteiger partial charge in [-0.25, -0.2) is 0 Å². The van der Waals surface area contributed by atoms with Crippen LogP contribution >= 0.6 is 0 Å². The summed E-state index contributed by atoms with van der Waals surface area (Å²) in [5, 5.41) is 4.46. The molecule has 0 N–H and O–H groups in total. The molecule has 0 bridgehead atoms. The van der Waals surface area contributed by atoms with Crippen LogP contribution in [0.25, 0.3) is 0 Å². The van der Waals surface area contributed by atoms with Gasteiger partial charge in [-0.3, -0.25) is 19.2 Å². The van der Waals surface area contributed by atoms with E-state index in [2.05, 4.69) is 10.00 Å². The minimum atomic E-state index is 0.194. The SMILES string of the molecule is CC(=O)N1CCC(CN2CC(n3cc(N4CCCC4=O)cn3)C2)C1. The molecule has 1 aromatic heterocycles. The number of rotatable bonds is 4. The Morgan fingerprint density at radius 1 is 1.29 bits per heavy atom.